The number of ether oxygens (including phenoxy) is 4. The summed E-state index contributed by atoms with van der Waals surface area (Å²) >= 11 is 0. The van der Waals surface area contributed by atoms with Gasteiger partial charge in [-0.25, -0.2) is 0 Å². The number of hydrogen-bond acceptors (Lipinski definition) is 7. The monoisotopic (exact) mass is 408 g/mol. The van der Waals surface area contributed by atoms with E-state index in [9.17, 15) is 0 Å². The van der Waals surface area contributed by atoms with Gasteiger partial charge < -0.3 is 27.5 Å². The first-order chi connectivity index (χ1) is 13.0. The van der Waals surface area contributed by atoms with Gasteiger partial charge in [0.05, 0.1) is 13.2 Å². The van der Waals surface area contributed by atoms with Crippen molar-refractivity contribution in [2.24, 2.45) is 0 Å². The lowest BCUT2D eigenvalue weighted by Gasteiger charge is -2.41. The van der Waals surface area contributed by atoms with Crippen LogP contribution >= 0.6 is 0 Å². The highest BCUT2D eigenvalue weighted by Gasteiger charge is 2.51. The zero-order chi connectivity index (χ0) is 20.2. The van der Waals surface area contributed by atoms with Gasteiger partial charge in [-0.2, -0.15) is 0 Å². The molecule has 0 aromatic carbocycles. The van der Waals surface area contributed by atoms with Gasteiger partial charge in [0, 0.05) is 26.2 Å². The Morgan fingerprint density at radius 1 is 0.889 bits per heavy atom. The summed E-state index contributed by atoms with van der Waals surface area (Å²) in [6.07, 6.45) is 3.32. The quantitative estimate of drug-likeness (QED) is 0.300. The largest absolute Gasteiger partial charge is 0.531 e. The van der Waals surface area contributed by atoms with Crippen LogP contribution in [0.3, 0.4) is 0 Å². The molecule has 0 spiro atoms. The van der Waals surface area contributed by atoms with Crippen LogP contribution in [0, 0.1) is 0 Å². The molecule has 1 aliphatic heterocycles. The van der Waals surface area contributed by atoms with Gasteiger partial charge >= 0.3 is 8.80 Å². The van der Waals surface area contributed by atoms with Crippen LogP contribution in [0.1, 0.15) is 73.6 Å². The molecule has 27 heavy (non-hydrogen) atoms. The lowest BCUT2D eigenvalue weighted by atomic mass is 10.3. The van der Waals surface area contributed by atoms with Gasteiger partial charge in [-0.1, -0.05) is 27.2 Å². The van der Waals surface area contributed by atoms with Crippen molar-refractivity contribution in [3.8, 4) is 0 Å². The van der Waals surface area contributed by atoms with Crippen molar-refractivity contribution >= 4 is 8.80 Å². The van der Waals surface area contributed by atoms with Crippen LogP contribution in [0.2, 0.25) is 0 Å². The molecule has 1 rings (SSSR count). The van der Waals surface area contributed by atoms with Crippen molar-refractivity contribution in [2.45, 2.75) is 91.6 Å². The Bertz CT molecular complexity index is 360. The first kappa shape index (κ1) is 25.0. The molecule has 0 radical (unpaired) electrons. The van der Waals surface area contributed by atoms with E-state index < -0.39 is 21.1 Å². The van der Waals surface area contributed by atoms with Crippen LogP contribution in [-0.2, 0) is 32.2 Å². The lowest BCUT2D eigenvalue weighted by Crippen LogP contribution is -2.59. The lowest BCUT2D eigenvalue weighted by molar-refractivity contribution is -0.436. The molecule has 0 N–H and O–H groups in total. The molecule has 1 saturated heterocycles. The summed E-state index contributed by atoms with van der Waals surface area (Å²) in [4.78, 5) is 0. The zero-order valence-corrected chi connectivity index (χ0v) is 19.1. The minimum Gasteiger partial charge on any atom is -0.372 e. The molecule has 0 aromatic rings. The van der Waals surface area contributed by atoms with Crippen LogP contribution < -0.4 is 0 Å². The second-order valence-corrected chi connectivity index (χ2v) is 9.08. The third kappa shape index (κ3) is 7.36. The smallest absolute Gasteiger partial charge is 0.372 e. The van der Waals surface area contributed by atoms with E-state index in [-0.39, 0.29) is 5.73 Å². The molecule has 0 saturated carbocycles. The fourth-order valence-electron chi connectivity index (χ4n) is 3.10. The maximum atomic E-state index is 6.40. The average molecular weight is 409 g/mol. The van der Waals surface area contributed by atoms with Crippen LogP contribution in [-0.4, -0.2) is 59.8 Å². The Balaban J connectivity index is 2.97. The fourth-order valence-corrected chi connectivity index (χ4v) is 6.08. The molecule has 1 aliphatic rings. The Kier molecular flexibility index (Phi) is 12.2. The Morgan fingerprint density at radius 2 is 1.44 bits per heavy atom. The van der Waals surface area contributed by atoms with Crippen LogP contribution in [0.4, 0.5) is 0 Å². The predicted molar refractivity (Wildman–Crippen MR) is 105 cm³/mol. The molecule has 162 valence electrons. The van der Waals surface area contributed by atoms with E-state index >= 15 is 0 Å². The molecule has 0 amide bonds. The first-order valence-corrected chi connectivity index (χ1v) is 12.4. The molecule has 1 heterocycles. The van der Waals surface area contributed by atoms with Crippen molar-refractivity contribution in [3.05, 3.63) is 0 Å². The Hall–Kier alpha value is -0.0631. The third-order valence-corrected chi connectivity index (χ3v) is 7.59. The highest BCUT2D eigenvalue weighted by molar-refractivity contribution is 6.62. The summed E-state index contributed by atoms with van der Waals surface area (Å²) in [6, 6.07) is 0. The maximum Gasteiger partial charge on any atom is 0.531 e. The summed E-state index contributed by atoms with van der Waals surface area (Å²) in [6.45, 7) is 14.8. The van der Waals surface area contributed by atoms with Crippen molar-refractivity contribution in [3.63, 3.8) is 0 Å². The molecule has 0 aliphatic carbocycles. The summed E-state index contributed by atoms with van der Waals surface area (Å²) in [5.41, 5.74) is -0.301. The normalized spacial score (nSPS) is 19.8. The minimum absolute atomic E-state index is 0.301. The number of rotatable bonds is 15. The van der Waals surface area contributed by atoms with E-state index in [1.807, 2.05) is 34.6 Å². The van der Waals surface area contributed by atoms with Gasteiger partial charge in [0.15, 0.2) is 6.29 Å². The van der Waals surface area contributed by atoms with Crippen LogP contribution in [0.15, 0.2) is 0 Å². The van der Waals surface area contributed by atoms with Crippen molar-refractivity contribution < 1.29 is 32.2 Å². The van der Waals surface area contributed by atoms with E-state index in [4.69, 9.17) is 32.2 Å². The summed E-state index contributed by atoms with van der Waals surface area (Å²) in [7, 11) is -3.01. The van der Waals surface area contributed by atoms with Crippen molar-refractivity contribution in [1.82, 2.24) is 0 Å². The molecule has 7 nitrogen and oxygen atoms in total. The van der Waals surface area contributed by atoms with Crippen LogP contribution in [0.5, 0.6) is 0 Å². The fraction of sp³-hybridized carbons (Fsp3) is 1.00. The topological polar surface area (TPSA) is 64.6 Å². The molecule has 2 unspecified atom stereocenters. The standard InChI is InChI=1S/C19H40O7Si/c1-7-14-18(27(22-10-4,23-11-5)24-12-6)25-17(8-2)26-19(9-3)20-15-13-16-21-19/h17-18H,7-16H2,1-6H3. The second-order valence-electron chi connectivity index (χ2n) is 6.36. The van der Waals surface area contributed by atoms with Gasteiger partial charge in [0.2, 0.25) is 0 Å². The maximum absolute atomic E-state index is 6.40. The van der Waals surface area contributed by atoms with E-state index in [0.29, 0.717) is 45.9 Å². The van der Waals surface area contributed by atoms with E-state index in [1.165, 1.54) is 0 Å². The van der Waals surface area contributed by atoms with Crippen molar-refractivity contribution in [2.75, 3.05) is 33.0 Å². The molecule has 0 bridgehead atoms. The van der Waals surface area contributed by atoms with Gasteiger partial charge in [0.1, 0.15) is 5.73 Å². The Morgan fingerprint density at radius 3 is 1.85 bits per heavy atom. The molecular weight excluding hydrogens is 368 g/mol. The minimum atomic E-state index is -3.01. The average Bonchev–Trinajstić information content (AvgIpc) is 2.68. The highest BCUT2D eigenvalue weighted by Crippen LogP contribution is 2.30. The molecule has 1 fully saturated rings. The molecule has 8 heteroatoms. The first-order valence-electron chi connectivity index (χ1n) is 10.6. The second kappa shape index (κ2) is 13.2. The summed E-state index contributed by atoms with van der Waals surface area (Å²) < 4.78 is 42.4. The summed E-state index contributed by atoms with van der Waals surface area (Å²) in [5.74, 6) is -1.04. The van der Waals surface area contributed by atoms with Gasteiger partial charge in [0.25, 0.3) is 5.97 Å². The molecule has 2 atom stereocenters. The number of hydrogen-bond donors (Lipinski definition) is 0. The Labute approximate surface area is 166 Å². The zero-order valence-electron chi connectivity index (χ0n) is 18.1. The van der Waals surface area contributed by atoms with Gasteiger partial charge in [-0.05, 0) is 40.0 Å². The van der Waals surface area contributed by atoms with Crippen LogP contribution in [0.25, 0.3) is 0 Å². The van der Waals surface area contributed by atoms with E-state index in [2.05, 4.69) is 6.92 Å². The SMILES string of the molecule is CCCC(OC(CC)OC1(CC)OCCCO1)[Si](OCC)(OCC)OCC. The van der Waals surface area contributed by atoms with Gasteiger partial charge in [-0.15, -0.1) is 0 Å². The van der Waals surface area contributed by atoms with Crippen molar-refractivity contribution in [1.29, 1.82) is 0 Å². The third-order valence-electron chi connectivity index (χ3n) is 4.31. The molecule has 0 aromatic heterocycles. The van der Waals surface area contributed by atoms with E-state index in [1.54, 1.807) is 0 Å². The highest BCUT2D eigenvalue weighted by atomic mass is 28.4. The van der Waals surface area contributed by atoms with Gasteiger partial charge in [-0.3, -0.25) is 4.74 Å². The predicted octanol–water partition coefficient (Wildman–Crippen LogP) is 4.01. The van der Waals surface area contributed by atoms with E-state index in [0.717, 1.165) is 19.3 Å². The molecular formula is C19H40O7Si. The summed E-state index contributed by atoms with van der Waals surface area (Å²) in [5, 5.41) is 0.